The predicted molar refractivity (Wildman–Crippen MR) is 89.7 cm³/mol. The number of benzene rings is 1. The van der Waals surface area contributed by atoms with Crippen LogP contribution in [0.3, 0.4) is 0 Å². The first-order valence-electron chi connectivity index (χ1n) is 7.36. The first-order valence-corrected chi connectivity index (χ1v) is 9.12. The molecule has 0 fully saturated rings. The van der Waals surface area contributed by atoms with Gasteiger partial charge in [0, 0.05) is 17.3 Å². The van der Waals surface area contributed by atoms with Crippen molar-refractivity contribution in [3.63, 3.8) is 0 Å². The van der Waals surface area contributed by atoms with Gasteiger partial charge in [-0.2, -0.15) is 0 Å². The molecule has 0 saturated carbocycles. The Morgan fingerprint density at radius 3 is 2.81 bits per heavy atom. The summed E-state index contributed by atoms with van der Waals surface area (Å²) in [6.45, 7) is 4.51. The molecule has 0 saturated heterocycles. The summed E-state index contributed by atoms with van der Waals surface area (Å²) in [6.07, 6.45) is 2.10. The predicted octanol–water partition coefficient (Wildman–Crippen LogP) is 5.03. The van der Waals surface area contributed by atoms with Crippen molar-refractivity contribution in [1.82, 2.24) is 5.32 Å². The number of thiophene rings is 1. The van der Waals surface area contributed by atoms with Crippen LogP contribution in [0, 0.1) is 5.82 Å². The van der Waals surface area contributed by atoms with Crippen LogP contribution in [0.5, 0.6) is 0 Å². The van der Waals surface area contributed by atoms with Gasteiger partial charge in [0.15, 0.2) is 0 Å². The van der Waals surface area contributed by atoms with Crippen molar-refractivity contribution in [2.75, 3.05) is 0 Å². The molecule has 1 aliphatic heterocycles. The molecule has 2 unspecified atom stereocenters. The third-order valence-corrected chi connectivity index (χ3v) is 6.19. The van der Waals surface area contributed by atoms with E-state index in [1.165, 1.54) is 21.8 Å². The fraction of sp³-hybridized carbons (Fsp3) is 0.412. The highest BCUT2D eigenvalue weighted by molar-refractivity contribution is 8.01. The van der Waals surface area contributed by atoms with Crippen molar-refractivity contribution in [2.24, 2.45) is 0 Å². The summed E-state index contributed by atoms with van der Waals surface area (Å²) >= 11 is 3.84. The van der Waals surface area contributed by atoms with E-state index in [1.807, 2.05) is 35.2 Å². The van der Waals surface area contributed by atoms with Gasteiger partial charge in [0.2, 0.25) is 0 Å². The summed E-state index contributed by atoms with van der Waals surface area (Å²) in [6, 6.07) is 9.91. The highest BCUT2D eigenvalue weighted by atomic mass is 32.2. The standard InChI is InChI=1S/C17H20FNS2/c1-11(9-13-3-5-14(18)6-4-13)19-16-10-12(2)21-17-15(16)7-8-20-17/h3-8,11-12,16,19H,9-10H2,1-2H3/t11?,12-,16?/m0/s1. The third-order valence-electron chi connectivity index (χ3n) is 3.85. The minimum absolute atomic E-state index is 0.166. The molecule has 1 N–H and O–H groups in total. The summed E-state index contributed by atoms with van der Waals surface area (Å²) in [5, 5.41) is 6.60. The second-order valence-corrected chi connectivity index (χ2v) is 8.40. The molecule has 4 heteroatoms. The van der Waals surface area contributed by atoms with Gasteiger partial charge in [0.05, 0.1) is 4.21 Å². The zero-order valence-corrected chi connectivity index (χ0v) is 13.9. The van der Waals surface area contributed by atoms with Crippen LogP contribution in [0.2, 0.25) is 0 Å². The van der Waals surface area contributed by atoms with Crippen LogP contribution in [-0.4, -0.2) is 11.3 Å². The van der Waals surface area contributed by atoms with Crippen LogP contribution >= 0.6 is 23.1 Å². The summed E-state index contributed by atoms with van der Waals surface area (Å²) in [7, 11) is 0. The van der Waals surface area contributed by atoms with E-state index in [-0.39, 0.29) is 5.82 Å². The molecule has 1 aliphatic rings. The second kappa shape index (κ2) is 6.51. The Morgan fingerprint density at radius 2 is 2.05 bits per heavy atom. The smallest absolute Gasteiger partial charge is 0.123 e. The molecule has 3 rings (SSSR count). The lowest BCUT2D eigenvalue weighted by Crippen LogP contribution is -2.34. The summed E-state index contributed by atoms with van der Waals surface area (Å²) in [5.41, 5.74) is 2.63. The Kier molecular flexibility index (Phi) is 4.67. The quantitative estimate of drug-likeness (QED) is 0.847. The highest BCUT2D eigenvalue weighted by Gasteiger charge is 2.27. The van der Waals surface area contributed by atoms with Crippen LogP contribution in [0.4, 0.5) is 4.39 Å². The molecule has 0 bridgehead atoms. The van der Waals surface area contributed by atoms with E-state index < -0.39 is 0 Å². The van der Waals surface area contributed by atoms with Gasteiger partial charge < -0.3 is 5.32 Å². The Morgan fingerprint density at radius 1 is 1.29 bits per heavy atom. The lowest BCUT2D eigenvalue weighted by atomic mass is 10.0. The fourth-order valence-corrected chi connectivity index (χ4v) is 5.45. The van der Waals surface area contributed by atoms with Crippen molar-refractivity contribution in [3.05, 3.63) is 52.7 Å². The van der Waals surface area contributed by atoms with E-state index in [2.05, 4.69) is 30.6 Å². The van der Waals surface area contributed by atoms with E-state index in [1.54, 1.807) is 12.1 Å². The van der Waals surface area contributed by atoms with Crippen molar-refractivity contribution in [1.29, 1.82) is 0 Å². The Bertz CT molecular complexity index is 593. The van der Waals surface area contributed by atoms with Crippen LogP contribution in [0.25, 0.3) is 0 Å². The second-order valence-electron chi connectivity index (χ2n) is 5.78. The van der Waals surface area contributed by atoms with Gasteiger partial charge in [-0.1, -0.05) is 19.1 Å². The lowest BCUT2D eigenvalue weighted by Gasteiger charge is -2.30. The van der Waals surface area contributed by atoms with Gasteiger partial charge in [-0.3, -0.25) is 0 Å². The normalized spacial score (nSPS) is 22.8. The van der Waals surface area contributed by atoms with Crippen LogP contribution in [0.15, 0.2) is 39.9 Å². The van der Waals surface area contributed by atoms with E-state index in [9.17, 15) is 4.39 Å². The van der Waals surface area contributed by atoms with Gasteiger partial charge in [0.25, 0.3) is 0 Å². The van der Waals surface area contributed by atoms with Crippen LogP contribution in [0.1, 0.15) is 37.4 Å². The molecule has 21 heavy (non-hydrogen) atoms. The molecule has 112 valence electrons. The van der Waals surface area contributed by atoms with E-state index in [0.29, 0.717) is 17.3 Å². The molecule has 0 radical (unpaired) electrons. The first-order chi connectivity index (χ1) is 10.1. The molecular formula is C17H20FNS2. The minimum atomic E-state index is -0.166. The molecule has 1 aromatic heterocycles. The average molecular weight is 321 g/mol. The maximum Gasteiger partial charge on any atom is 0.123 e. The monoisotopic (exact) mass is 321 g/mol. The lowest BCUT2D eigenvalue weighted by molar-refractivity contribution is 0.425. The van der Waals surface area contributed by atoms with E-state index in [4.69, 9.17) is 0 Å². The first kappa shape index (κ1) is 15.1. The Hall–Kier alpha value is -0.840. The van der Waals surface area contributed by atoms with E-state index in [0.717, 1.165) is 6.42 Å². The number of nitrogens with one attached hydrogen (secondary N) is 1. The van der Waals surface area contributed by atoms with Crippen LogP contribution in [-0.2, 0) is 6.42 Å². The molecule has 0 amide bonds. The largest absolute Gasteiger partial charge is 0.307 e. The van der Waals surface area contributed by atoms with Crippen LogP contribution < -0.4 is 5.32 Å². The molecule has 2 heterocycles. The van der Waals surface area contributed by atoms with Crippen molar-refractivity contribution in [2.45, 2.75) is 48.2 Å². The SMILES string of the molecule is CC(Cc1ccc(F)cc1)NC1C[C@H](C)Sc2sccc21. The number of hydrogen-bond donors (Lipinski definition) is 1. The van der Waals surface area contributed by atoms with Gasteiger partial charge >= 0.3 is 0 Å². The van der Waals surface area contributed by atoms with Gasteiger partial charge in [-0.15, -0.1) is 23.1 Å². The maximum absolute atomic E-state index is 13.0. The summed E-state index contributed by atoms with van der Waals surface area (Å²) < 4.78 is 14.4. The maximum atomic E-state index is 13.0. The topological polar surface area (TPSA) is 12.0 Å². The van der Waals surface area contributed by atoms with E-state index >= 15 is 0 Å². The average Bonchev–Trinajstić information content (AvgIpc) is 2.89. The molecule has 1 aromatic carbocycles. The molecule has 3 atom stereocenters. The molecular weight excluding hydrogens is 301 g/mol. The van der Waals surface area contributed by atoms with Gasteiger partial charge in [0.1, 0.15) is 5.82 Å². The van der Waals surface area contributed by atoms with Gasteiger partial charge in [-0.05, 0) is 54.5 Å². The molecule has 2 aromatic rings. The zero-order valence-electron chi connectivity index (χ0n) is 12.3. The zero-order chi connectivity index (χ0) is 14.8. The Balaban J connectivity index is 1.65. The Labute approximate surface area is 134 Å². The molecule has 0 spiro atoms. The highest BCUT2D eigenvalue weighted by Crippen LogP contribution is 2.43. The number of halogens is 1. The number of thioether (sulfide) groups is 1. The third kappa shape index (κ3) is 3.68. The molecule has 0 aliphatic carbocycles. The number of rotatable bonds is 4. The van der Waals surface area contributed by atoms with Crippen molar-refractivity contribution >= 4 is 23.1 Å². The minimum Gasteiger partial charge on any atom is -0.307 e. The van der Waals surface area contributed by atoms with Gasteiger partial charge in [-0.25, -0.2) is 4.39 Å². The van der Waals surface area contributed by atoms with Crippen molar-refractivity contribution in [3.8, 4) is 0 Å². The van der Waals surface area contributed by atoms with Crippen molar-refractivity contribution < 1.29 is 4.39 Å². The summed E-state index contributed by atoms with van der Waals surface area (Å²) in [5.74, 6) is -0.166. The summed E-state index contributed by atoms with van der Waals surface area (Å²) in [4.78, 5) is 0. The molecule has 1 nitrogen and oxygen atoms in total. The fourth-order valence-electron chi connectivity index (χ4n) is 2.88. The number of hydrogen-bond acceptors (Lipinski definition) is 3. The number of fused-ring (bicyclic) bond motifs is 1.